The molecule has 0 saturated carbocycles. The fraction of sp³-hybridized carbons (Fsp3) is 0.125. The van der Waals surface area contributed by atoms with Gasteiger partial charge in [0, 0.05) is 23.4 Å². The van der Waals surface area contributed by atoms with Crippen molar-refractivity contribution >= 4 is 52.1 Å². The smallest absolute Gasteiger partial charge is 0.255 e. The van der Waals surface area contributed by atoms with Crippen LogP contribution in [0.25, 0.3) is 0 Å². The molecule has 0 bridgehead atoms. The molecule has 120 valence electrons. The van der Waals surface area contributed by atoms with E-state index in [2.05, 4.69) is 10.6 Å². The number of hydrogen-bond donors (Lipinski definition) is 3. The first-order valence-corrected chi connectivity index (χ1v) is 7.62. The van der Waals surface area contributed by atoms with Gasteiger partial charge < -0.3 is 16.4 Å². The SMILES string of the molecule is CCC(=O)Nc1cccc(C(=O)Nc2cc(Cl)c(N)c(Cl)c2)c1. The molecular formula is C16H15Cl2N3O2. The fourth-order valence-electron chi connectivity index (χ4n) is 1.85. The van der Waals surface area contributed by atoms with Crippen LogP contribution in [-0.2, 0) is 4.79 Å². The van der Waals surface area contributed by atoms with Crippen molar-refractivity contribution in [2.45, 2.75) is 13.3 Å². The highest BCUT2D eigenvalue weighted by Crippen LogP contribution is 2.31. The van der Waals surface area contributed by atoms with E-state index in [1.807, 2.05) is 0 Å². The lowest BCUT2D eigenvalue weighted by Gasteiger charge is -2.10. The largest absolute Gasteiger partial charge is 0.396 e. The van der Waals surface area contributed by atoms with Gasteiger partial charge in [0.15, 0.2) is 0 Å². The van der Waals surface area contributed by atoms with E-state index in [1.54, 1.807) is 31.2 Å². The van der Waals surface area contributed by atoms with Crippen LogP contribution in [0, 0.1) is 0 Å². The van der Waals surface area contributed by atoms with E-state index in [4.69, 9.17) is 28.9 Å². The Morgan fingerprint density at radius 2 is 1.70 bits per heavy atom. The Labute approximate surface area is 143 Å². The second-order valence-electron chi connectivity index (χ2n) is 4.79. The van der Waals surface area contributed by atoms with Gasteiger partial charge >= 0.3 is 0 Å². The molecule has 2 aromatic carbocycles. The van der Waals surface area contributed by atoms with Gasteiger partial charge in [-0.15, -0.1) is 0 Å². The van der Waals surface area contributed by atoms with E-state index in [1.165, 1.54) is 12.1 Å². The highest BCUT2D eigenvalue weighted by Gasteiger charge is 2.10. The van der Waals surface area contributed by atoms with Gasteiger partial charge in [-0.3, -0.25) is 9.59 Å². The molecule has 23 heavy (non-hydrogen) atoms. The Kier molecular flexibility index (Phi) is 5.47. The van der Waals surface area contributed by atoms with Crippen molar-refractivity contribution in [1.29, 1.82) is 0 Å². The molecule has 0 atom stereocenters. The van der Waals surface area contributed by atoms with Crippen LogP contribution in [-0.4, -0.2) is 11.8 Å². The van der Waals surface area contributed by atoms with Gasteiger partial charge in [0.1, 0.15) is 0 Å². The predicted octanol–water partition coefficient (Wildman–Crippen LogP) is 4.18. The highest BCUT2D eigenvalue weighted by molar-refractivity contribution is 6.39. The van der Waals surface area contributed by atoms with Crippen molar-refractivity contribution < 1.29 is 9.59 Å². The Bertz CT molecular complexity index is 740. The van der Waals surface area contributed by atoms with Gasteiger partial charge in [-0.1, -0.05) is 36.2 Å². The minimum absolute atomic E-state index is 0.125. The average Bonchev–Trinajstić information content (AvgIpc) is 2.52. The van der Waals surface area contributed by atoms with Gasteiger partial charge in [-0.25, -0.2) is 0 Å². The summed E-state index contributed by atoms with van der Waals surface area (Å²) in [5.41, 5.74) is 7.29. The van der Waals surface area contributed by atoms with Crippen molar-refractivity contribution in [3.05, 3.63) is 52.0 Å². The molecule has 2 aromatic rings. The summed E-state index contributed by atoms with van der Waals surface area (Å²) in [5, 5.41) is 5.91. The number of benzene rings is 2. The van der Waals surface area contributed by atoms with Crippen molar-refractivity contribution in [2.75, 3.05) is 16.4 Å². The molecule has 2 amide bonds. The summed E-state index contributed by atoms with van der Waals surface area (Å²) in [6.45, 7) is 1.75. The summed E-state index contributed by atoms with van der Waals surface area (Å²) in [7, 11) is 0. The van der Waals surface area contributed by atoms with E-state index in [0.717, 1.165) is 0 Å². The molecule has 0 aliphatic rings. The Balaban J connectivity index is 2.18. The van der Waals surface area contributed by atoms with Crippen LogP contribution in [0.3, 0.4) is 0 Å². The first-order valence-electron chi connectivity index (χ1n) is 6.86. The number of rotatable bonds is 4. The maximum Gasteiger partial charge on any atom is 0.255 e. The van der Waals surface area contributed by atoms with E-state index < -0.39 is 0 Å². The van der Waals surface area contributed by atoms with Gasteiger partial charge in [-0.2, -0.15) is 0 Å². The zero-order chi connectivity index (χ0) is 17.0. The highest BCUT2D eigenvalue weighted by atomic mass is 35.5. The van der Waals surface area contributed by atoms with Gasteiger partial charge in [0.05, 0.1) is 15.7 Å². The maximum atomic E-state index is 12.3. The molecule has 0 heterocycles. The number of amides is 2. The van der Waals surface area contributed by atoms with Crippen LogP contribution in [0.15, 0.2) is 36.4 Å². The van der Waals surface area contributed by atoms with Crippen LogP contribution < -0.4 is 16.4 Å². The lowest BCUT2D eigenvalue weighted by molar-refractivity contribution is -0.115. The molecule has 0 spiro atoms. The Morgan fingerprint density at radius 1 is 1.04 bits per heavy atom. The monoisotopic (exact) mass is 351 g/mol. The number of hydrogen-bond acceptors (Lipinski definition) is 3. The number of carbonyl (C=O) groups is 2. The summed E-state index contributed by atoms with van der Waals surface area (Å²) in [4.78, 5) is 23.7. The summed E-state index contributed by atoms with van der Waals surface area (Å²) >= 11 is 11.9. The van der Waals surface area contributed by atoms with Crippen LogP contribution in [0.2, 0.25) is 10.0 Å². The molecule has 7 heteroatoms. The minimum atomic E-state index is -0.352. The van der Waals surface area contributed by atoms with Crippen molar-refractivity contribution in [3.8, 4) is 0 Å². The van der Waals surface area contributed by atoms with Crippen LogP contribution >= 0.6 is 23.2 Å². The number of nitrogen functional groups attached to an aromatic ring is 1. The fourth-order valence-corrected chi connectivity index (χ4v) is 2.33. The molecule has 5 nitrogen and oxygen atoms in total. The first-order chi connectivity index (χ1) is 10.9. The maximum absolute atomic E-state index is 12.3. The van der Waals surface area contributed by atoms with E-state index in [0.29, 0.717) is 23.4 Å². The molecule has 0 radical (unpaired) electrons. The number of anilines is 3. The molecule has 0 fully saturated rings. The lowest BCUT2D eigenvalue weighted by atomic mass is 10.1. The Morgan fingerprint density at radius 3 is 2.30 bits per heavy atom. The second kappa shape index (κ2) is 7.35. The average molecular weight is 352 g/mol. The molecule has 0 aliphatic carbocycles. The molecule has 0 unspecified atom stereocenters. The molecule has 0 saturated heterocycles. The molecule has 0 aliphatic heterocycles. The normalized spacial score (nSPS) is 10.2. The van der Waals surface area contributed by atoms with Crippen LogP contribution in [0.1, 0.15) is 23.7 Å². The zero-order valence-electron chi connectivity index (χ0n) is 12.3. The van der Waals surface area contributed by atoms with Crippen molar-refractivity contribution in [1.82, 2.24) is 0 Å². The quantitative estimate of drug-likeness (QED) is 0.722. The Hall–Kier alpha value is -2.24. The molecule has 2 rings (SSSR count). The standard InChI is InChI=1S/C16H15Cl2N3O2/c1-2-14(22)20-10-5-3-4-9(6-10)16(23)21-11-7-12(17)15(19)13(18)8-11/h3-8H,2,19H2,1H3,(H,20,22)(H,21,23). The van der Waals surface area contributed by atoms with Crippen molar-refractivity contribution in [3.63, 3.8) is 0 Å². The first kappa shape index (κ1) is 17.1. The zero-order valence-corrected chi connectivity index (χ0v) is 13.8. The van der Waals surface area contributed by atoms with E-state index >= 15 is 0 Å². The predicted molar refractivity (Wildman–Crippen MR) is 94.2 cm³/mol. The summed E-state index contributed by atoms with van der Waals surface area (Å²) < 4.78 is 0. The number of nitrogens with one attached hydrogen (secondary N) is 2. The third kappa shape index (κ3) is 4.37. The summed E-state index contributed by atoms with van der Waals surface area (Å²) in [5.74, 6) is -0.478. The number of nitrogens with two attached hydrogens (primary N) is 1. The third-order valence-electron chi connectivity index (χ3n) is 3.07. The van der Waals surface area contributed by atoms with Gasteiger partial charge in [-0.05, 0) is 30.3 Å². The van der Waals surface area contributed by atoms with Crippen LogP contribution in [0.4, 0.5) is 17.1 Å². The second-order valence-corrected chi connectivity index (χ2v) is 5.60. The molecular weight excluding hydrogens is 337 g/mol. The third-order valence-corrected chi connectivity index (χ3v) is 3.69. The van der Waals surface area contributed by atoms with Crippen molar-refractivity contribution in [2.24, 2.45) is 0 Å². The number of halogens is 2. The van der Waals surface area contributed by atoms with Gasteiger partial charge in [0.2, 0.25) is 5.91 Å². The lowest BCUT2D eigenvalue weighted by Crippen LogP contribution is -2.14. The molecule has 4 N–H and O–H groups in total. The summed E-state index contributed by atoms with van der Waals surface area (Å²) in [6.07, 6.45) is 0.360. The molecule has 0 aromatic heterocycles. The number of carbonyl (C=O) groups excluding carboxylic acids is 2. The van der Waals surface area contributed by atoms with E-state index in [9.17, 15) is 9.59 Å². The summed E-state index contributed by atoms with van der Waals surface area (Å²) in [6, 6.07) is 9.65. The minimum Gasteiger partial charge on any atom is -0.396 e. The van der Waals surface area contributed by atoms with E-state index in [-0.39, 0.29) is 27.5 Å². The van der Waals surface area contributed by atoms with Gasteiger partial charge in [0.25, 0.3) is 5.91 Å². The van der Waals surface area contributed by atoms with Crippen LogP contribution in [0.5, 0.6) is 0 Å². The topological polar surface area (TPSA) is 84.2 Å².